The lowest BCUT2D eigenvalue weighted by Crippen LogP contribution is -2.34. The predicted molar refractivity (Wildman–Crippen MR) is 121 cm³/mol. The van der Waals surface area contributed by atoms with E-state index in [2.05, 4.69) is 34.7 Å². The van der Waals surface area contributed by atoms with E-state index in [1.165, 1.54) is 5.56 Å². The van der Waals surface area contributed by atoms with E-state index in [0.29, 0.717) is 11.5 Å². The fourth-order valence-electron chi connectivity index (χ4n) is 2.58. The van der Waals surface area contributed by atoms with E-state index in [0.717, 1.165) is 17.1 Å². The van der Waals surface area contributed by atoms with Crippen LogP contribution in [0, 0.1) is 0 Å². The van der Waals surface area contributed by atoms with Crippen molar-refractivity contribution in [2.24, 2.45) is 10.2 Å². The predicted octanol–water partition coefficient (Wildman–Crippen LogP) is 6.35. The number of carbonyl (C=O) groups is 1. The van der Waals surface area contributed by atoms with Crippen LogP contribution in [0.4, 0.5) is 17.1 Å². The molecule has 0 radical (unpaired) electrons. The van der Waals surface area contributed by atoms with Crippen molar-refractivity contribution in [2.75, 3.05) is 5.32 Å². The molecule has 29 heavy (non-hydrogen) atoms. The number of hydrogen-bond donors (Lipinski definition) is 2. The lowest BCUT2D eigenvalue weighted by atomic mass is 10.0. The molecule has 0 heterocycles. The van der Waals surface area contributed by atoms with Gasteiger partial charge in [-0.1, -0.05) is 44.2 Å². The highest BCUT2D eigenvalue weighted by molar-refractivity contribution is 7.80. The van der Waals surface area contributed by atoms with Crippen LogP contribution in [0.15, 0.2) is 89.1 Å². The number of hydrogen-bond acceptors (Lipinski definition) is 4. The van der Waals surface area contributed by atoms with Gasteiger partial charge in [0.2, 0.25) is 0 Å². The van der Waals surface area contributed by atoms with Gasteiger partial charge >= 0.3 is 0 Å². The first-order valence-electron chi connectivity index (χ1n) is 9.30. The molecule has 5 nitrogen and oxygen atoms in total. The van der Waals surface area contributed by atoms with Gasteiger partial charge in [0, 0.05) is 11.3 Å². The van der Waals surface area contributed by atoms with Gasteiger partial charge in [-0.25, -0.2) is 0 Å². The van der Waals surface area contributed by atoms with Gasteiger partial charge in [0.25, 0.3) is 5.91 Å². The Balaban J connectivity index is 1.55. The zero-order valence-corrected chi connectivity index (χ0v) is 17.1. The molecule has 3 aromatic rings. The van der Waals surface area contributed by atoms with Crippen molar-refractivity contribution in [3.05, 3.63) is 90.0 Å². The van der Waals surface area contributed by atoms with Crippen LogP contribution in [0.1, 0.15) is 35.7 Å². The Morgan fingerprint density at radius 1 is 0.828 bits per heavy atom. The van der Waals surface area contributed by atoms with Gasteiger partial charge in [-0.05, 0) is 72.2 Å². The van der Waals surface area contributed by atoms with E-state index in [9.17, 15) is 4.79 Å². The first kappa shape index (κ1) is 20.4. The average molecular weight is 403 g/mol. The molecular formula is C23H22N4OS. The third-order valence-electron chi connectivity index (χ3n) is 4.23. The second kappa shape index (κ2) is 9.71. The summed E-state index contributed by atoms with van der Waals surface area (Å²) >= 11 is 5.24. The summed E-state index contributed by atoms with van der Waals surface area (Å²) in [5.41, 5.74) is 4.02. The maximum Gasteiger partial charge on any atom is 0.257 e. The first-order valence-corrected chi connectivity index (χ1v) is 9.71. The maximum absolute atomic E-state index is 12.3. The normalized spacial score (nSPS) is 10.9. The summed E-state index contributed by atoms with van der Waals surface area (Å²) in [6, 6.07) is 24.4. The fourth-order valence-corrected chi connectivity index (χ4v) is 2.79. The summed E-state index contributed by atoms with van der Waals surface area (Å²) in [5.74, 6) is 0.177. The monoisotopic (exact) mass is 402 g/mol. The molecule has 0 saturated heterocycles. The number of azo groups is 1. The summed E-state index contributed by atoms with van der Waals surface area (Å²) in [4.78, 5) is 12.3. The van der Waals surface area contributed by atoms with E-state index in [1.807, 2.05) is 66.7 Å². The van der Waals surface area contributed by atoms with E-state index < -0.39 is 0 Å². The molecule has 0 aliphatic rings. The molecule has 0 spiro atoms. The van der Waals surface area contributed by atoms with E-state index in [1.54, 1.807) is 12.1 Å². The minimum Gasteiger partial charge on any atom is -0.332 e. The van der Waals surface area contributed by atoms with Crippen molar-refractivity contribution in [3.8, 4) is 0 Å². The Bertz CT molecular complexity index is 997. The Labute approximate surface area is 175 Å². The quantitative estimate of drug-likeness (QED) is 0.386. The molecule has 0 fully saturated rings. The molecule has 0 aliphatic carbocycles. The number of amides is 1. The zero-order valence-electron chi connectivity index (χ0n) is 16.3. The Morgan fingerprint density at radius 3 is 2.00 bits per heavy atom. The van der Waals surface area contributed by atoms with Gasteiger partial charge in [0.1, 0.15) is 0 Å². The number of rotatable bonds is 5. The molecule has 0 atom stereocenters. The van der Waals surface area contributed by atoms with Crippen LogP contribution in [0.2, 0.25) is 0 Å². The summed E-state index contributed by atoms with van der Waals surface area (Å²) in [6.07, 6.45) is 0. The van der Waals surface area contributed by atoms with Crippen LogP contribution in [0.3, 0.4) is 0 Å². The number of anilines is 1. The van der Waals surface area contributed by atoms with Crippen LogP contribution in [0.5, 0.6) is 0 Å². The molecule has 1 amide bonds. The van der Waals surface area contributed by atoms with Crippen LogP contribution in [-0.2, 0) is 0 Å². The molecule has 0 bridgehead atoms. The summed E-state index contributed by atoms with van der Waals surface area (Å²) < 4.78 is 0. The molecule has 2 N–H and O–H groups in total. The van der Waals surface area contributed by atoms with Gasteiger partial charge in [0.05, 0.1) is 11.4 Å². The molecule has 146 valence electrons. The van der Waals surface area contributed by atoms with Gasteiger partial charge < -0.3 is 5.32 Å². The van der Waals surface area contributed by atoms with Crippen molar-refractivity contribution in [1.82, 2.24) is 5.32 Å². The molecular weight excluding hydrogens is 380 g/mol. The summed E-state index contributed by atoms with van der Waals surface area (Å²) in [7, 11) is 0. The lowest BCUT2D eigenvalue weighted by molar-refractivity contribution is 0.0977. The standard InChI is InChI=1S/C23H22N4OS/c1-16(2)17-8-10-18(11-9-17)22(28)25-23(29)24-19-12-14-21(15-13-19)27-26-20-6-4-3-5-7-20/h3-16H,1-2H3,(H2,24,25,28,29). The number of nitrogens with zero attached hydrogens (tertiary/aromatic N) is 2. The number of nitrogens with one attached hydrogen (secondary N) is 2. The molecule has 6 heteroatoms. The van der Waals surface area contributed by atoms with Crippen molar-refractivity contribution < 1.29 is 4.79 Å². The van der Waals surface area contributed by atoms with Crippen molar-refractivity contribution in [1.29, 1.82) is 0 Å². The number of benzene rings is 3. The molecule has 3 rings (SSSR count). The summed E-state index contributed by atoms with van der Waals surface area (Å²) in [5, 5.41) is 14.3. The third-order valence-corrected chi connectivity index (χ3v) is 4.43. The van der Waals surface area contributed by atoms with Crippen LogP contribution >= 0.6 is 12.2 Å². The fraction of sp³-hybridized carbons (Fsp3) is 0.130. The molecule has 0 aromatic heterocycles. The maximum atomic E-state index is 12.3. The lowest BCUT2D eigenvalue weighted by Gasteiger charge is -2.10. The first-order chi connectivity index (χ1) is 14.0. The van der Waals surface area contributed by atoms with Gasteiger partial charge in [-0.15, -0.1) is 0 Å². The SMILES string of the molecule is CC(C)c1ccc(C(=O)NC(=S)Nc2ccc(N=Nc3ccccc3)cc2)cc1. The highest BCUT2D eigenvalue weighted by Gasteiger charge is 2.09. The zero-order chi connectivity index (χ0) is 20.6. The average Bonchev–Trinajstić information content (AvgIpc) is 2.74. The highest BCUT2D eigenvalue weighted by atomic mass is 32.1. The summed E-state index contributed by atoms with van der Waals surface area (Å²) in [6.45, 7) is 4.23. The van der Waals surface area contributed by atoms with Crippen LogP contribution in [-0.4, -0.2) is 11.0 Å². The third kappa shape index (κ3) is 6.05. The number of thiocarbonyl (C=S) groups is 1. The minimum absolute atomic E-state index is 0.238. The molecule has 0 unspecified atom stereocenters. The second-order valence-corrected chi connectivity index (χ2v) is 7.18. The van der Waals surface area contributed by atoms with E-state index in [4.69, 9.17) is 12.2 Å². The Morgan fingerprint density at radius 2 is 1.41 bits per heavy atom. The van der Waals surface area contributed by atoms with Gasteiger partial charge in [-0.3, -0.25) is 10.1 Å². The Hall–Kier alpha value is -3.38. The Kier molecular flexibility index (Phi) is 6.81. The highest BCUT2D eigenvalue weighted by Crippen LogP contribution is 2.20. The van der Waals surface area contributed by atoms with Crippen molar-refractivity contribution >= 4 is 40.3 Å². The molecule has 0 saturated carbocycles. The van der Waals surface area contributed by atoms with Gasteiger partial charge in [-0.2, -0.15) is 10.2 Å². The second-order valence-electron chi connectivity index (χ2n) is 6.77. The molecule has 3 aromatic carbocycles. The van der Waals surface area contributed by atoms with E-state index in [-0.39, 0.29) is 11.0 Å². The van der Waals surface area contributed by atoms with Crippen LogP contribution in [0.25, 0.3) is 0 Å². The minimum atomic E-state index is -0.244. The molecule has 0 aliphatic heterocycles. The van der Waals surface area contributed by atoms with Gasteiger partial charge in [0.15, 0.2) is 5.11 Å². The van der Waals surface area contributed by atoms with E-state index >= 15 is 0 Å². The van der Waals surface area contributed by atoms with Crippen LogP contribution < -0.4 is 10.6 Å². The topological polar surface area (TPSA) is 65.8 Å². The largest absolute Gasteiger partial charge is 0.332 e. The number of carbonyl (C=O) groups excluding carboxylic acids is 1. The van der Waals surface area contributed by atoms with Crippen molar-refractivity contribution in [3.63, 3.8) is 0 Å². The smallest absolute Gasteiger partial charge is 0.257 e. The van der Waals surface area contributed by atoms with Crippen molar-refractivity contribution in [2.45, 2.75) is 19.8 Å².